The number of rotatable bonds is 6. The molecule has 0 bridgehead atoms. The van der Waals surface area contributed by atoms with Gasteiger partial charge in [-0.05, 0) is 55.9 Å². The zero-order valence-electron chi connectivity index (χ0n) is 18.2. The lowest BCUT2D eigenvalue weighted by atomic mass is 10.0. The van der Waals surface area contributed by atoms with Crippen LogP contribution in [0.15, 0.2) is 36.8 Å². The Morgan fingerprint density at radius 3 is 2.76 bits per heavy atom. The molecule has 34 heavy (non-hydrogen) atoms. The van der Waals surface area contributed by atoms with Gasteiger partial charge in [0.05, 0.1) is 10.9 Å². The maximum atomic E-state index is 13.8. The summed E-state index contributed by atoms with van der Waals surface area (Å²) in [5.41, 5.74) is -0.406. The minimum Gasteiger partial charge on any atom is -0.373 e. The van der Waals surface area contributed by atoms with E-state index < -0.39 is 23.6 Å². The van der Waals surface area contributed by atoms with Crippen molar-refractivity contribution in [3.8, 4) is 0 Å². The summed E-state index contributed by atoms with van der Waals surface area (Å²) in [4.78, 5) is 26.9. The van der Waals surface area contributed by atoms with Gasteiger partial charge in [0.15, 0.2) is 0 Å². The van der Waals surface area contributed by atoms with Crippen molar-refractivity contribution in [1.82, 2.24) is 20.3 Å². The van der Waals surface area contributed by atoms with Crippen molar-refractivity contribution >= 4 is 28.4 Å². The fraction of sp³-hybridized carbons (Fsp3) is 0.435. The number of hydrogen-bond acceptors (Lipinski definition) is 5. The van der Waals surface area contributed by atoms with E-state index in [2.05, 4.69) is 30.5 Å². The van der Waals surface area contributed by atoms with E-state index in [1.54, 1.807) is 6.20 Å². The van der Waals surface area contributed by atoms with Gasteiger partial charge in [0.2, 0.25) is 5.91 Å². The molecule has 2 aliphatic rings. The van der Waals surface area contributed by atoms with Crippen LogP contribution in [0.4, 0.5) is 29.1 Å². The highest BCUT2D eigenvalue weighted by Crippen LogP contribution is 2.36. The average molecular weight is 476 g/mol. The van der Waals surface area contributed by atoms with Gasteiger partial charge in [-0.2, -0.15) is 13.2 Å². The van der Waals surface area contributed by atoms with Crippen LogP contribution in [0, 0.1) is 11.7 Å². The highest BCUT2D eigenvalue weighted by atomic mass is 19.4. The van der Waals surface area contributed by atoms with Gasteiger partial charge in [-0.15, -0.1) is 0 Å². The standard InChI is InChI=1S/C23H24F4N6O/c24-15-8-14(23(25,26)27)9-17(10-15)31-19(13-3-4-13)22(34)32-16-2-1-7-33(11-16)21-18-5-6-28-20(18)29-12-30-21/h5-6,8-10,12-13,16,19,31H,1-4,7,11H2,(H,32,34)(H,28,29,30). The van der Waals surface area contributed by atoms with Crippen LogP contribution in [-0.4, -0.2) is 46.0 Å². The van der Waals surface area contributed by atoms with E-state index in [0.717, 1.165) is 61.2 Å². The van der Waals surface area contributed by atoms with Crippen molar-refractivity contribution in [2.75, 3.05) is 23.3 Å². The number of amides is 1. The predicted octanol–water partition coefficient (Wildman–Crippen LogP) is 4.09. The van der Waals surface area contributed by atoms with E-state index in [1.165, 1.54) is 6.33 Å². The van der Waals surface area contributed by atoms with Crippen molar-refractivity contribution in [1.29, 1.82) is 0 Å². The van der Waals surface area contributed by atoms with E-state index in [4.69, 9.17) is 0 Å². The van der Waals surface area contributed by atoms with Gasteiger partial charge in [0.25, 0.3) is 0 Å². The number of carbonyl (C=O) groups is 1. The Bertz CT molecular complexity index is 1190. The normalized spacial score (nSPS) is 19.8. The number of hydrogen-bond donors (Lipinski definition) is 3. The zero-order valence-corrected chi connectivity index (χ0v) is 18.2. The molecular weight excluding hydrogens is 452 g/mol. The SMILES string of the molecule is O=C(NC1CCCN(c2ncnc3[nH]ccc23)C1)C(Nc1cc(F)cc(C(F)(F)F)c1)C1CC1. The summed E-state index contributed by atoms with van der Waals surface area (Å²) in [6, 6.07) is 3.31. The molecule has 0 radical (unpaired) electrons. The van der Waals surface area contributed by atoms with Crippen LogP contribution in [0.1, 0.15) is 31.2 Å². The van der Waals surface area contributed by atoms with Gasteiger partial charge < -0.3 is 20.5 Å². The molecular formula is C23H24F4N6O. The Morgan fingerprint density at radius 1 is 1.18 bits per heavy atom. The number of aromatic amines is 1. The summed E-state index contributed by atoms with van der Waals surface area (Å²) in [7, 11) is 0. The van der Waals surface area contributed by atoms with Crippen molar-refractivity contribution in [2.24, 2.45) is 5.92 Å². The molecule has 1 aliphatic heterocycles. The first kappa shape index (κ1) is 22.4. The second-order valence-corrected chi connectivity index (χ2v) is 8.92. The number of piperidine rings is 1. The van der Waals surface area contributed by atoms with Crippen LogP contribution in [0.2, 0.25) is 0 Å². The summed E-state index contributed by atoms with van der Waals surface area (Å²) < 4.78 is 53.1. The number of nitrogens with one attached hydrogen (secondary N) is 3. The lowest BCUT2D eigenvalue weighted by Crippen LogP contribution is -2.52. The maximum absolute atomic E-state index is 13.8. The van der Waals surface area contributed by atoms with E-state index in [0.29, 0.717) is 12.6 Å². The Hall–Kier alpha value is -3.37. The van der Waals surface area contributed by atoms with E-state index in [1.807, 2.05) is 6.07 Å². The van der Waals surface area contributed by atoms with Crippen LogP contribution < -0.4 is 15.5 Å². The highest BCUT2D eigenvalue weighted by Gasteiger charge is 2.38. The molecule has 2 aromatic heterocycles. The minimum atomic E-state index is -4.67. The molecule has 11 heteroatoms. The highest BCUT2D eigenvalue weighted by molar-refractivity contribution is 5.88. The molecule has 2 unspecified atom stereocenters. The molecule has 1 aromatic carbocycles. The number of carbonyl (C=O) groups excluding carboxylic acids is 1. The average Bonchev–Trinajstić information content (AvgIpc) is 3.51. The third kappa shape index (κ3) is 4.78. The van der Waals surface area contributed by atoms with Crippen molar-refractivity contribution < 1.29 is 22.4 Å². The smallest absolute Gasteiger partial charge is 0.373 e. The summed E-state index contributed by atoms with van der Waals surface area (Å²) in [6.07, 6.45) is 1.82. The Labute approximate surface area is 193 Å². The molecule has 3 heterocycles. The minimum absolute atomic E-state index is 0.00126. The van der Waals surface area contributed by atoms with Crippen LogP contribution >= 0.6 is 0 Å². The van der Waals surface area contributed by atoms with Crippen LogP contribution in [0.5, 0.6) is 0 Å². The molecule has 5 rings (SSSR count). The second kappa shape index (κ2) is 8.77. The first-order valence-corrected chi connectivity index (χ1v) is 11.3. The molecule has 0 spiro atoms. The first-order chi connectivity index (χ1) is 16.3. The maximum Gasteiger partial charge on any atom is 0.416 e. The van der Waals surface area contributed by atoms with Gasteiger partial charge in [0.1, 0.15) is 29.7 Å². The Morgan fingerprint density at radius 2 is 2.00 bits per heavy atom. The summed E-state index contributed by atoms with van der Waals surface area (Å²) in [6.45, 7) is 1.34. The molecule has 2 fully saturated rings. The number of aromatic nitrogens is 3. The number of alkyl halides is 3. The molecule has 180 valence electrons. The van der Waals surface area contributed by atoms with Crippen LogP contribution in [0.25, 0.3) is 11.0 Å². The third-order valence-corrected chi connectivity index (χ3v) is 6.32. The Kier molecular flexibility index (Phi) is 5.78. The monoisotopic (exact) mass is 476 g/mol. The fourth-order valence-electron chi connectivity index (χ4n) is 4.53. The van der Waals surface area contributed by atoms with Gasteiger partial charge >= 0.3 is 6.18 Å². The molecule has 1 saturated carbocycles. The van der Waals surface area contributed by atoms with Crippen molar-refractivity contribution in [2.45, 2.75) is 43.9 Å². The topological polar surface area (TPSA) is 85.9 Å². The first-order valence-electron chi connectivity index (χ1n) is 11.3. The third-order valence-electron chi connectivity index (χ3n) is 6.32. The van der Waals surface area contributed by atoms with Gasteiger partial charge in [-0.25, -0.2) is 14.4 Å². The van der Waals surface area contributed by atoms with Gasteiger partial charge in [0, 0.05) is 31.0 Å². The summed E-state index contributed by atoms with van der Waals surface area (Å²) in [5, 5.41) is 6.81. The van der Waals surface area contributed by atoms with E-state index in [9.17, 15) is 22.4 Å². The van der Waals surface area contributed by atoms with E-state index in [-0.39, 0.29) is 23.6 Å². The molecule has 7 nitrogen and oxygen atoms in total. The predicted molar refractivity (Wildman–Crippen MR) is 119 cm³/mol. The van der Waals surface area contributed by atoms with Crippen LogP contribution in [-0.2, 0) is 11.0 Å². The van der Waals surface area contributed by atoms with Crippen LogP contribution in [0.3, 0.4) is 0 Å². The Balaban J connectivity index is 1.29. The van der Waals surface area contributed by atoms with Gasteiger partial charge in [-0.1, -0.05) is 0 Å². The fourth-order valence-corrected chi connectivity index (χ4v) is 4.53. The number of halogens is 4. The summed E-state index contributed by atoms with van der Waals surface area (Å²) in [5.74, 6) is -0.502. The molecule has 1 saturated heterocycles. The van der Waals surface area contributed by atoms with Crippen molar-refractivity contribution in [3.05, 3.63) is 48.2 Å². The number of anilines is 2. The van der Waals surface area contributed by atoms with Gasteiger partial charge in [-0.3, -0.25) is 4.79 Å². The molecule has 1 aliphatic carbocycles. The number of benzene rings is 1. The van der Waals surface area contributed by atoms with E-state index >= 15 is 0 Å². The number of nitrogens with zero attached hydrogens (tertiary/aromatic N) is 3. The lowest BCUT2D eigenvalue weighted by molar-refractivity contribution is -0.137. The lowest BCUT2D eigenvalue weighted by Gasteiger charge is -2.35. The molecule has 1 amide bonds. The molecule has 3 aromatic rings. The number of H-pyrrole nitrogens is 1. The quantitative estimate of drug-likeness (QED) is 0.467. The summed E-state index contributed by atoms with van der Waals surface area (Å²) >= 11 is 0. The zero-order chi connectivity index (χ0) is 23.9. The number of fused-ring (bicyclic) bond motifs is 1. The molecule has 2 atom stereocenters. The second-order valence-electron chi connectivity index (χ2n) is 8.92. The largest absolute Gasteiger partial charge is 0.416 e. The van der Waals surface area contributed by atoms with Crippen molar-refractivity contribution in [3.63, 3.8) is 0 Å². The molecule has 3 N–H and O–H groups in total.